The molecule has 7 nitrogen and oxygen atoms in total. The minimum atomic E-state index is -4.34. The van der Waals surface area contributed by atoms with Crippen molar-refractivity contribution in [1.82, 2.24) is 0 Å². The maximum Gasteiger partial charge on any atom is 0.334 e. The molecule has 29 heavy (non-hydrogen) atoms. The van der Waals surface area contributed by atoms with Gasteiger partial charge in [0, 0.05) is 0 Å². The molecule has 9 heteroatoms. The van der Waals surface area contributed by atoms with Gasteiger partial charge in [-0.05, 0) is 56.5 Å². The zero-order valence-electron chi connectivity index (χ0n) is 16.6. The van der Waals surface area contributed by atoms with Crippen molar-refractivity contribution < 1.29 is 31.3 Å². The Hall–Kier alpha value is -1.70. The number of ether oxygens (including phenoxy) is 1. The number of aryl methyl sites for hydroxylation is 1. The molecule has 0 fully saturated rings. The van der Waals surface area contributed by atoms with Crippen molar-refractivity contribution in [3.63, 3.8) is 0 Å². The summed E-state index contributed by atoms with van der Waals surface area (Å²) in [6.07, 6.45) is 0.659. The van der Waals surface area contributed by atoms with Crippen LogP contribution in [0.15, 0.2) is 54.6 Å². The molecule has 160 valence electrons. The van der Waals surface area contributed by atoms with Crippen LogP contribution in [-0.4, -0.2) is 37.6 Å². The van der Waals surface area contributed by atoms with Gasteiger partial charge >= 0.3 is 7.60 Å². The third kappa shape index (κ3) is 7.91. The molecule has 2 aromatic rings. The highest BCUT2D eigenvalue weighted by atomic mass is 32.2. The first-order valence-corrected chi connectivity index (χ1v) is 12.6. The molecule has 1 N–H and O–H groups in total. The predicted octanol–water partition coefficient (Wildman–Crippen LogP) is 4.93. The van der Waals surface area contributed by atoms with Crippen LogP contribution >= 0.6 is 7.60 Å². The van der Waals surface area contributed by atoms with Gasteiger partial charge in [0.25, 0.3) is 10.1 Å². The van der Waals surface area contributed by atoms with Crippen molar-refractivity contribution in [2.75, 3.05) is 19.0 Å². The van der Waals surface area contributed by atoms with E-state index in [-0.39, 0.29) is 19.6 Å². The highest BCUT2D eigenvalue weighted by Crippen LogP contribution is 2.54. The summed E-state index contributed by atoms with van der Waals surface area (Å²) in [7, 11) is -8.02. The first kappa shape index (κ1) is 23.6. The van der Waals surface area contributed by atoms with Crippen LogP contribution in [0.1, 0.15) is 25.8 Å². The van der Waals surface area contributed by atoms with Crippen LogP contribution in [0.5, 0.6) is 11.5 Å². The van der Waals surface area contributed by atoms with Gasteiger partial charge in [-0.1, -0.05) is 30.3 Å². The molecular formula is C20H27O7PS. The van der Waals surface area contributed by atoms with E-state index in [0.717, 1.165) is 11.3 Å². The zero-order chi connectivity index (χ0) is 21.3. The molecule has 0 heterocycles. The van der Waals surface area contributed by atoms with E-state index in [2.05, 4.69) is 0 Å². The lowest BCUT2D eigenvalue weighted by Crippen LogP contribution is -2.24. The van der Waals surface area contributed by atoms with Crippen molar-refractivity contribution >= 4 is 17.7 Å². The molecule has 2 aromatic carbocycles. The highest BCUT2D eigenvalue weighted by Gasteiger charge is 2.38. The highest BCUT2D eigenvalue weighted by molar-refractivity contribution is 7.86. The van der Waals surface area contributed by atoms with E-state index in [1.54, 1.807) is 13.8 Å². The standard InChI is InChI=1S/C20H27O7PS/c1-3-25-28(21,26-4-2)20(16-29(22,23)24)15-12-17-10-13-19(14-11-17)27-18-8-6-5-7-9-18/h5-11,13-14,20H,3-4,12,15-16H2,1-2H3,(H,22,23,24). The van der Waals surface area contributed by atoms with Crippen molar-refractivity contribution in [3.05, 3.63) is 60.2 Å². The second-order valence-corrected chi connectivity index (χ2v) is 10.2. The lowest BCUT2D eigenvalue weighted by molar-refractivity contribution is 0.212. The summed E-state index contributed by atoms with van der Waals surface area (Å²) in [5.41, 5.74) is -0.0528. The van der Waals surface area contributed by atoms with Gasteiger partial charge in [-0.3, -0.25) is 9.12 Å². The molecule has 0 aliphatic carbocycles. The smallest absolute Gasteiger partial charge is 0.334 e. The molecule has 0 spiro atoms. The molecule has 1 unspecified atom stereocenters. The largest absolute Gasteiger partial charge is 0.457 e. The topological polar surface area (TPSA) is 99.1 Å². The molecule has 0 aromatic heterocycles. The number of para-hydroxylation sites is 1. The fourth-order valence-electron chi connectivity index (χ4n) is 2.87. The Balaban J connectivity index is 2.08. The van der Waals surface area contributed by atoms with E-state index in [4.69, 9.17) is 13.8 Å². The van der Waals surface area contributed by atoms with E-state index in [9.17, 15) is 17.5 Å². The second-order valence-electron chi connectivity index (χ2n) is 6.38. The maximum atomic E-state index is 13.0. The normalized spacial score (nSPS) is 13.2. The third-order valence-corrected chi connectivity index (χ3v) is 7.78. The minimum Gasteiger partial charge on any atom is -0.457 e. The van der Waals surface area contributed by atoms with E-state index >= 15 is 0 Å². The van der Waals surface area contributed by atoms with Gasteiger partial charge in [0.05, 0.1) is 24.6 Å². The number of benzene rings is 2. The second kappa shape index (κ2) is 10.9. The average molecular weight is 442 g/mol. The summed E-state index contributed by atoms with van der Waals surface area (Å²) >= 11 is 0. The van der Waals surface area contributed by atoms with Crippen molar-refractivity contribution in [1.29, 1.82) is 0 Å². The quantitative estimate of drug-likeness (QED) is 0.367. The Morgan fingerprint density at radius 2 is 1.48 bits per heavy atom. The van der Waals surface area contributed by atoms with E-state index in [1.165, 1.54) is 0 Å². The summed E-state index contributed by atoms with van der Waals surface area (Å²) in [4.78, 5) is 0. The summed E-state index contributed by atoms with van der Waals surface area (Å²) in [6, 6.07) is 16.7. The summed E-state index contributed by atoms with van der Waals surface area (Å²) < 4.78 is 61.5. The predicted molar refractivity (Wildman–Crippen MR) is 112 cm³/mol. The fraction of sp³-hybridized carbons (Fsp3) is 0.400. The lowest BCUT2D eigenvalue weighted by atomic mass is 10.1. The average Bonchev–Trinajstić information content (AvgIpc) is 2.66. The summed E-state index contributed by atoms with van der Waals surface area (Å²) in [5.74, 6) is 0.714. The molecular weight excluding hydrogens is 415 g/mol. The van der Waals surface area contributed by atoms with E-state index in [1.807, 2.05) is 54.6 Å². The fourth-order valence-corrected chi connectivity index (χ4v) is 6.48. The SMILES string of the molecule is CCOP(=O)(OCC)C(CCc1ccc(Oc2ccccc2)cc1)CS(=O)(=O)O. The van der Waals surface area contributed by atoms with Gasteiger partial charge in [0.2, 0.25) is 0 Å². The summed E-state index contributed by atoms with van der Waals surface area (Å²) in [6.45, 7) is 3.54. The van der Waals surface area contributed by atoms with Gasteiger partial charge in [0.15, 0.2) is 0 Å². The Kier molecular flexibility index (Phi) is 8.86. The van der Waals surface area contributed by atoms with Crippen LogP contribution in [0, 0.1) is 0 Å². The van der Waals surface area contributed by atoms with Crippen molar-refractivity contribution in [2.24, 2.45) is 0 Å². The van der Waals surface area contributed by atoms with E-state index in [0.29, 0.717) is 12.2 Å². The Morgan fingerprint density at radius 1 is 0.931 bits per heavy atom. The summed E-state index contributed by atoms with van der Waals surface area (Å²) in [5, 5.41) is 0. The lowest BCUT2D eigenvalue weighted by Gasteiger charge is -2.25. The van der Waals surface area contributed by atoms with Gasteiger partial charge in [-0.2, -0.15) is 8.42 Å². The van der Waals surface area contributed by atoms with Gasteiger partial charge < -0.3 is 13.8 Å². The first-order chi connectivity index (χ1) is 13.8. The number of rotatable bonds is 12. The molecule has 0 radical (unpaired) electrons. The Morgan fingerprint density at radius 3 is 2.00 bits per heavy atom. The first-order valence-electron chi connectivity index (χ1n) is 9.41. The maximum absolute atomic E-state index is 13.0. The van der Waals surface area contributed by atoms with Crippen LogP contribution in [0.2, 0.25) is 0 Å². The van der Waals surface area contributed by atoms with Crippen molar-refractivity contribution in [3.8, 4) is 11.5 Å². The molecule has 0 aliphatic heterocycles. The van der Waals surface area contributed by atoms with Gasteiger partial charge in [-0.25, -0.2) is 0 Å². The Bertz CT molecular complexity index is 888. The zero-order valence-corrected chi connectivity index (χ0v) is 18.3. The minimum absolute atomic E-state index is 0.116. The molecule has 1 atom stereocenters. The van der Waals surface area contributed by atoms with Crippen molar-refractivity contribution in [2.45, 2.75) is 32.3 Å². The van der Waals surface area contributed by atoms with Crippen LogP contribution in [0.4, 0.5) is 0 Å². The van der Waals surface area contributed by atoms with Gasteiger partial charge in [-0.15, -0.1) is 0 Å². The molecule has 0 aliphatic rings. The van der Waals surface area contributed by atoms with Crippen LogP contribution < -0.4 is 4.74 Å². The van der Waals surface area contributed by atoms with Gasteiger partial charge in [0.1, 0.15) is 11.5 Å². The Labute approximate surface area is 172 Å². The van der Waals surface area contributed by atoms with Crippen LogP contribution in [-0.2, 0) is 30.2 Å². The monoisotopic (exact) mass is 442 g/mol. The number of hydrogen-bond acceptors (Lipinski definition) is 6. The molecule has 0 saturated heterocycles. The number of hydrogen-bond donors (Lipinski definition) is 1. The molecule has 0 amide bonds. The van der Waals surface area contributed by atoms with Crippen LogP contribution in [0.25, 0.3) is 0 Å². The van der Waals surface area contributed by atoms with Crippen LogP contribution in [0.3, 0.4) is 0 Å². The molecule has 0 saturated carbocycles. The molecule has 2 rings (SSSR count). The molecule has 0 bridgehead atoms. The third-order valence-electron chi connectivity index (χ3n) is 4.14. The van der Waals surface area contributed by atoms with E-state index < -0.39 is 29.1 Å².